The Balaban J connectivity index is 1.82. The average Bonchev–Trinajstić information content (AvgIpc) is 2.88. The molecule has 98 valence electrons. The van der Waals surface area contributed by atoms with Crippen LogP contribution < -0.4 is 10.5 Å². The molecule has 1 unspecified atom stereocenters. The number of fused-ring (bicyclic) bond motifs is 1. The molecule has 1 saturated heterocycles. The van der Waals surface area contributed by atoms with Gasteiger partial charge in [0.15, 0.2) is 0 Å². The van der Waals surface area contributed by atoms with Gasteiger partial charge in [-0.05, 0) is 17.2 Å². The number of nitrogens with two attached hydrogens (primary N) is 1. The Morgan fingerprint density at radius 2 is 2.06 bits per heavy atom. The van der Waals surface area contributed by atoms with Gasteiger partial charge in [0.05, 0.1) is 19.8 Å². The highest BCUT2D eigenvalue weighted by Gasteiger charge is 2.23. The molecule has 4 nitrogen and oxygen atoms in total. The molecule has 0 radical (unpaired) electrons. The molecule has 1 aromatic carbocycles. The molecule has 0 amide bonds. The molecule has 2 heterocycles. The van der Waals surface area contributed by atoms with E-state index in [1.165, 1.54) is 11.1 Å². The molecule has 0 aromatic heterocycles. The monoisotopic (exact) mass is 248 g/mol. The molecule has 0 aliphatic carbocycles. The van der Waals surface area contributed by atoms with Crippen LogP contribution in [-0.2, 0) is 11.2 Å². The minimum absolute atomic E-state index is 0.305. The fourth-order valence-electron chi connectivity index (χ4n) is 2.80. The molecule has 0 bridgehead atoms. The Morgan fingerprint density at radius 3 is 2.83 bits per heavy atom. The van der Waals surface area contributed by atoms with Crippen molar-refractivity contribution in [1.29, 1.82) is 0 Å². The van der Waals surface area contributed by atoms with Gasteiger partial charge < -0.3 is 15.2 Å². The van der Waals surface area contributed by atoms with Crippen molar-refractivity contribution in [2.45, 2.75) is 12.5 Å². The second kappa shape index (κ2) is 5.26. The lowest BCUT2D eigenvalue weighted by atomic mass is 10.0. The highest BCUT2D eigenvalue weighted by molar-refractivity contribution is 5.40. The number of rotatable bonds is 3. The van der Waals surface area contributed by atoms with Gasteiger partial charge in [-0.2, -0.15) is 0 Å². The SMILES string of the molecule is NCC(c1ccc2c(c1)CCO2)N1CCOCC1. The molecule has 2 aliphatic heterocycles. The maximum Gasteiger partial charge on any atom is 0.122 e. The fourth-order valence-corrected chi connectivity index (χ4v) is 2.80. The minimum atomic E-state index is 0.305. The summed E-state index contributed by atoms with van der Waals surface area (Å²) >= 11 is 0. The summed E-state index contributed by atoms with van der Waals surface area (Å²) in [6, 6.07) is 6.80. The van der Waals surface area contributed by atoms with E-state index in [2.05, 4.69) is 23.1 Å². The zero-order valence-electron chi connectivity index (χ0n) is 10.6. The number of benzene rings is 1. The maximum absolute atomic E-state index is 5.97. The second-order valence-corrected chi connectivity index (χ2v) is 4.87. The zero-order chi connectivity index (χ0) is 12.4. The van der Waals surface area contributed by atoms with Gasteiger partial charge in [-0.25, -0.2) is 0 Å². The van der Waals surface area contributed by atoms with Gasteiger partial charge >= 0.3 is 0 Å². The highest BCUT2D eigenvalue weighted by Crippen LogP contribution is 2.30. The number of morpholine rings is 1. The standard InChI is InChI=1S/C14H20N2O2/c15-10-13(16-4-7-17-8-5-16)11-1-2-14-12(9-11)3-6-18-14/h1-2,9,13H,3-8,10,15H2. The van der Waals surface area contributed by atoms with E-state index in [4.69, 9.17) is 15.2 Å². The first-order valence-corrected chi connectivity index (χ1v) is 6.66. The quantitative estimate of drug-likeness (QED) is 0.865. The molecule has 1 atom stereocenters. The summed E-state index contributed by atoms with van der Waals surface area (Å²) in [7, 11) is 0. The predicted octanol–water partition coefficient (Wildman–Crippen LogP) is 0.954. The Labute approximate surface area is 108 Å². The van der Waals surface area contributed by atoms with Crippen molar-refractivity contribution in [2.24, 2.45) is 5.73 Å². The molecular weight excluding hydrogens is 228 g/mol. The van der Waals surface area contributed by atoms with Crippen LogP contribution in [0.15, 0.2) is 18.2 Å². The summed E-state index contributed by atoms with van der Waals surface area (Å²) in [6.45, 7) is 5.02. The lowest BCUT2D eigenvalue weighted by molar-refractivity contribution is 0.0179. The van der Waals surface area contributed by atoms with Crippen molar-refractivity contribution >= 4 is 0 Å². The summed E-state index contributed by atoms with van der Waals surface area (Å²) in [6.07, 6.45) is 1.02. The largest absolute Gasteiger partial charge is 0.493 e. The molecule has 4 heteroatoms. The number of nitrogens with zero attached hydrogens (tertiary/aromatic N) is 1. The van der Waals surface area contributed by atoms with Gasteiger partial charge in [0.1, 0.15) is 5.75 Å². The normalized spacial score (nSPS) is 21.4. The van der Waals surface area contributed by atoms with E-state index in [1.807, 2.05) is 0 Å². The summed E-state index contributed by atoms with van der Waals surface area (Å²) in [4.78, 5) is 2.42. The molecule has 0 spiro atoms. The Morgan fingerprint density at radius 1 is 1.22 bits per heavy atom. The molecule has 1 aromatic rings. The fraction of sp³-hybridized carbons (Fsp3) is 0.571. The highest BCUT2D eigenvalue weighted by atomic mass is 16.5. The summed E-state index contributed by atoms with van der Waals surface area (Å²) in [5, 5.41) is 0. The Kier molecular flexibility index (Phi) is 3.50. The molecule has 3 rings (SSSR count). The third-order valence-electron chi connectivity index (χ3n) is 3.81. The maximum atomic E-state index is 5.97. The van der Waals surface area contributed by atoms with Crippen molar-refractivity contribution in [3.8, 4) is 5.75 Å². The first-order valence-electron chi connectivity index (χ1n) is 6.66. The Hall–Kier alpha value is -1.10. The zero-order valence-corrected chi connectivity index (χ0v) is 10.6. The van der Waals surface area contributed by atoms with E-state index in [0.717, 1.165) is 45.1 Å². The number of hydrogen-bond acceptors (Lipinski definition) is 4. The van der Waals surface area contributed by atoms with Crippen molar-refractivity contribution in [1.82, 2.24) is 4.90 Å². The van der Waals surface area contributed by atoms with Gasteiger partial charge in [0.2, 0.25) is 0 Å². The van der Waals surface area contributed by atoms with Crippen molar-refractivity contribution in [2.75, 3.05) is 39.5 Å². The third-order valence-corrected chi connectivity index (χ3v) is 3.81. The summed E-state index contributed by atoms with van der Waals surface area (Å²) in [5.41, 5.74) is 8.59. The van der Waals surface area contributed by atoms with E-state index in [0.29, 0.717) is 12.6 Å². The van der Waals surface area contributed by atoms with Crippen molar-refractivity contribution in [3.63, 3.8) is 0 Å². The number of ether oxygens (including phenoxy) is 2. The first-order chi connectivity index (χ1) is 8.88. The molecule has 2 N–H and O–H groups in total. The van der Waals surface area contributed by atoms with Crippen LogP contribution >= 0.6 is 0 Å². The lowest BCUT2D eigenvalue weighted by Gasteiger charge is -2.34. The van der Waals surface area contributed by atoms with Crippen LogP contribution in [0.1, 0.15) is 17.2 Å². The van der Waals surface area contributed by atoms with Crippen LogP contribution in [0.25, 0.3) is 0 Å². The van der Waals surface area contributed by atoms with E-state index in [9.17, 15) is 0 Å². The van der Waals surface area contributed by atoms with E-state index in [1.54, 1.807) is 0 Å². The van der Waals surface area contributed by atoms with Crippen LogP contribution in [0.4, 0.5) is 0 Å². The molecular formula is C14H20N2O2. The van der Waals surface area contributed by atoms with Crippen LogP contribution in [0, 0.1) is 0 Å². The van der Waals surface area contributed by atoms with Crippen LogP contribution in [0.2, 0.25) is 0 Å². The second-order valence-electron chi connectivity index (χ2n) is 4.87. The molecule has 18 heavy (non-hydrogen) atoms. The van der Waals surface area contributed by atoms with E-state index in [-0.39, 0.29) is 0 Å². The molecule has 1 fully saturated rings. The topological polar surface area (TPSA) is 47.7 Å². The summed E-state index contributed by atoms with van der Waals surface area (Å²) in [5.74, 6) is 1.04. The van der Waals surface area contributed by atoms with Crippen molar-refractivity contribution < 1.29 is 9.47 Å². The first kappa shape index (κ1) is 12.0. The van der Waals surface area contributed by atoms with E-state index < -0.39 is 0 Å². The van der Waals surface area contributed by atoms with Gasteiger partial charge in [0, 0.05) is 32.1 Å². The van der Waals surface area contributed by atoms with Gasteiger partial charge in [-0.15, -0.1) is 0 Å². The number of hydrogen-bond donors (Lipinski definition) is 1. The smallest absolute Gasteiger partial charge is 0.122 e. The van der Waals surface area contributed by atoms with Gasteiger partial charge in [-0.3, -0.25) is 4.90 Å². The average molecular weight is 248 g/mol. The molecule has 2 aliphatic rings. The van der Waals surface area contributed by atoms with Gasteiger partial charge in [0.25, 0.3) is 0 Å². The van der Waals surface area contributed by atoms with Crippen LogP contribution in [-0.4, -0.2) is 44.4 Å². The third kappa shape index (κ3) is 2.23. The van der Waals surface area contributed by atoms with Crippen molar-refractivity contribution in [3.05, 3.63) is 29.3 Å². The summed E-state index contributed by atoms with van der Waals surface area (Å²) < 4.78 is 10.9. The lowest BCUT2D eigenvalue weighted by Crippen LogP contribution is -2.41. The van der Waals surface area contributed by atoms with E-state index >= 15 is 0 Å². The predicted molar refractivity (Wildman–Crippen MR) is 69.8 cm³/mol. The minimum Gasteiger partial charge on any atom is -0.493 e. The Bertz CT molecular complexity index is 416. The molecule has 0 saturated carbocycles. The van der Waals surface area contributed by atoms with Gasteiger partial charge in [-0.1, -0.05) is 12.1 Å². The van der Waals surface area contributed by atoms with Crippen LogP contribution in [0.5, 0.6) is 5.75 Å². The van der Waals surface area contributed by atoms with Crippen LogP contribution in [0.3, 0.4) is 0 Å².